The molecule has 1 aromatic heterocycles. The van der Waals surface area contributed by atoms with Crippen LogP contribution in [0.1, 0.15) is 10.4 Å². The van der Waals surface area contributed by atoms with E-state index in [1.807, 2.05) is 0 Å². The van der Waals surface area contributed by atoms with Gasteiger partial charge in [-0.25, -0.2) is 8.42 Å². The van der Waals surface area contributed by atoms with Crippen molar-refractivity contribution in [3.05, 3.63) is 77.1 Å². The summed E-state index contributed by atoms with van der Waals surface area (Å²) in [6, 6.07) is 17.8. The Morgan fingerprint density at radius 1 is 0.939 bits per heavy atom. The Hall–Kier alpha value is -3.63. The number of carbonyl (C=O) groups is 1. The van der Waals surface area contributed by atoms with Gasteiger partial charge in [0.15, 0.2) is 4.80 Å². The molecule has 4 rings (SSSR count). The third-order valence-corrected chi connectivity index (χ3v) is 7.49. The predicted molar refractivity (Wildman–Crippen MR) is 127 cm³/mol. The topological polar surface area (TPSA) is 99.0 Å². The molecule has 0 unspecified atom stereocenters. The Morgan fingerprint density at radius 3 is 2.21 bits per heavy atom. The van der Waals surface area contributed by atoms with Gasteiger partial charge >= 0.3 is 0 Å². The lowest BCUT2D eigenvalue weighted by molar-refractivity contribution is 0.0998. The minimum atomic E-state index is -3.71. The number of thiazole rings is 1. The molecule has 1 N–H and O–H groups in total. The van der Waals surface area contributed by atoms with Gasteiger partial charge in [-0.2, -0.15) is 4.99 Å². The molecular formula is C23H21N3O5S2. The van der Waals surface area contributed by atoms with E-state index < -0.39 is 15.9 Å². The zero-order valence-corrected chi connectivity index (χ0v) is 19.7. The first-order valence-corrected chi connectivity index (χ1v) is 12.1. The molecular weight excluding hydrogens is 462 g/mol. The maximum absolute atomic E-state index is 12.8. The van der Waals surface area contributed by atoms with E-state index in [0.717, 1.165) is 10.2 Å². The van der Waals surface area contributed by atoms with Gasteiger partial charge < -0.3 is 14.0 Å². The number of anilines is 1. The molecule has 0 aliphatic heterocycles. The number of nitrogens with zero attached hydrogens (tertiary/aromatic N) is 2. The van der Waals surface area contributed by atoms with Crippen molar-refractivity contribution in [1.82, 2.24) is 4.57 Å². The average molecular weight is 484 g/mol. The fourth-order valence-electron chi connectivity index (χ4n) is 3.28. The quantitative estimate of drug-likeness (QED) is 0.450. The number of hydrogen-bond donors (Lipinski definition) is 1. The summed E-state index contributed by atoms with van der Waals surface area (Å²) >= 11 is 1.32. The second-order valence-electron chi connectivity index (χ2n) is 7.00. The van der Waals surface area contributed by atoms with Crippen LogP contribution < -0.4 is 19.0 Å². The highest BCUT2D eigenvalue weighted by molar-refractivity contribution is 7.92. The summed E-state index contributed by atoms with van der Waals surface area (Å²) in [5, 5.41) is 0. The number of sulfonamides is 1. The molecule has 170 valence electrons. The molecule has 0 saturated carbocycles. The van der Waals surface area contributed by atoms with Gasteiger partial charge in [0.05, 0.1) is 19.1 Å². The van der Waals surface area contributed by atoms with Gasteiger partial charge in [-0.1, -0.05) is 29.5 Å². The minimum Gasteiger partial charge on any atom is -0.495 e. The van der Waals surface area contributed by atoms with Gasteiger partial charge in [0.1, 0.15) is 21.7 Å². The fraction of sp³-hybridized carbons (Fsp3) is 0.130. The lowest BCUT2D eigenvalue weighted by Gasteiger charge is -2.08. The molecule has 8 nitrogen and oxygen atoms in total. The number of amides is 1. The molecule has 3 aromatic carbocycles. The maximum Gasteiger partial charge on any atom is 0.279 e. The van der Waals surface area contributed by atoms with Gasteiger partial charge in [0, 0.05) is 18.3 Å². The van der Waals surface area contributed by atoms with Gasteiger partial charge in [0.25, 0.3) is 15.9 Å². The Bertz CT molecular complexity index is 1490. The first kappa shape index (κ1) is 22.6. The van der Waals surface area contributed by atoms with Crippen LogP contribution in [0.15, 0.2) is 76.6 Å². The molecule has 0 spiro atoms. The zero-order chi connectivity index (χ0) is 23.6. The number of nitrogens with one attached hydrogen (secondary N) is 1. The Balaban J connectivity index is 1.63. The van der Waals surface area contributed by atoms with Crippen molar-refractivity contribution in [1.29, 1.82) is 0 Å². The highest BCUT2D eigenvalue weighted by atomic mass is 32.2. The maximum atomic E-state index is 12.8. The van der Waals surface area contributed by atoms with E-state index in [9.17, 15) is 13.2 Å². The van der Waals surface area contributed by atoms with Crippen LogP contribution in [0.3, 0.4) is 0 Å². The van der Waals surface area contributed by atoms with Crippen LogP contribution >= 0.6 is 11.3 Å². The van der Waals surface area contributed by atoms with Gasteiger partial charge in [-0.05, 0) is 48.5 Å². The molecule has 0 fully saturated rings. The van der Waals surface area contributed by atoms with Crippen LogP contribution in [0, 0.1) is 0 Å². The third-order valence-electron chi connectivity index (χ3n) is 4.95. The summed E-state index contributed by atoms with van der Waals surface area (Å²) in [6.45, 7) is 0. The number of fused-ring (bicyclic) bond motifs is 1. The fourth-order valence-corrected chi connectivity index (χ4v) is 5.48. The van der Waals surface area contributed by atoms with Crippen molar-refractivity contribution in [3.63, 3.8) is 0 Å². The molecule has 0 aliphatic carbocycles. The summed E-state index contributed by atoms with van der Waals surface area (Å²) in [5.41, 5.74) is 1.45. The molecule has 0 atom stereocenters. The summed E-state index contributed by atoms with van der Waals surface area (Å²) in [5.74, 6) is 0.858. The van der Waals surface area contributed by atoms with E-state index >= 15 is 0 Å². The minimum absolute atomic E-state index is 0.156. The lowest BCUT2D eigenvalue weighted by atomic mass is 10.2. The monoisotopic (exact) mass is 483 g/mol. The Labute approximate surface area is 194 Å². The van der Waals surface area contributed by atoms with Gasteiger partial charge in [-0.3, -0.25) is 9.52 Å². The standard InChI is InChI=1S/C23H21N3O5S2/c1-26-20-18(30-2)13-14-19(31-3)21(20)32-23(26)24-22(27)15-9-11-16(12-10-15)25-33(28,29)17-7-5-4-6-8-17/h4-14,25H,1-3H3. The molecule has 0 saturated heterocycles. The summed E-state index contributed by atoms with van der Waals surface area (Å²) in [7, 11) is 1.25. The van der Waals surface area contributed by atoms with Crippen molar-refractivity contribution >= 4 is 43.2 Å². The number of benzene rings is 3. The second-order valence-corrected chi connectivity index (χ2v) is 9.66. The molecule has 0 radical (unpaired) electrons. The van der Waals surface area contributed by atoms with Crippen molar-refractivity contribution in [3.8, 4) is 11.5 Å². The highest BCUT2D eigenvalue weighted by Gasteiger charge is 2.16. The summed E-state index contributed by atoms with van der Waals surface area (Å²) in [4.78, 5) is 17.7. The average Bonchev–Trinajstić information content (AvgIpc) is 3.15. The summed E-state index contributed by atoms with van der Waals surface area (Å²) < 4.78 is 40.9. The number of ether oxygens (including phenoxy) is 2. The number of carbonyl (C=O) groups excluding carboxylic acids is 1. The van der Waals surface area contributed by atoms with Crippen LogP contribution in [0.2, 0.25) is 0 Å². The van der Waals surface area contributed by atoms with E-state index in [1.165, 1.54) is 47.7 Å². The van der Waals surface area contributed by atoms with Crippen molar-refractivity contribution in [2.45, 2.75) is 4.90 Å². The van der Waals surface area contributed by atoms with Crippen molar-refractivity contribution in [2.75, 3.05) is 18.9 Å². The van der Waals surface area contributed by atoms with E-state index in [-0.39, 0.29) is 4.90 Å². The van der Waals surface area contributed by atoms with Crippen LogP contribution in [0.25, 0.3) is 10.2 Å². The van der Waals surface area contributed by atoms with E-state index in [1.54, 1.807) is 56.2 Å². The molecule has 0 aliphatic rings. The Morgan fingerprint density at radius 2 is 1.58 bits per heavy atom. The van der Waals surface area contributed by atoms with E-state index in [0.29, 0.717) is 27.6 Å². The number of aryl methyl sites for hydroxylation is 1. The van der Waals surface area contributed by atoms with Gasteiger partial charge in [-0.15, -0.1) is 0 Å². The lowest BCUT2D eigenvalue weighted by Crippen LogP contribution is -2.14. The number of aromatic nitrogens is 1. The van der Waals surface area contributed by atoms with Crippen molar-refractivity contribution < 1.29 is 22.7 Å². The normalized spacial score (nSPS) is 12.0. The highest BCUT2D eigenvalue weighted by Crippen LogP contribution is 2.34. The SMILES string of the molecule is COc1ccc(OC)c2c1sc(=NC(=O)c1ccc(NS(=O)(=O)c3ccccc3)cc1)n2C. The number of methoxy groups -OCH3 is 2. The van der Waals surface area contributed by atoms with E-state index in [2.05, 4.69) is 9.71 Å². The number of hydrogen-bond acceptors (Lipinski definition) is 6. The molecule has 0 bridgehead atoms. The summed E-state index contributed by atoms with van der Waals surface area (Å²) in [6.07, 6.45) is 0. The van der Waals surface area contributed by atoms with Crippen LogP contribution in [-0.4, -0.2) is 33.1 Å². The second kappa shape index (κ2) is 9.08. The molecule has 1 amide bonds. The van der Waals surface area contributed by atoms with Crippen LogP contribution in [-0.2, 0) is 17.1 Å². The largest absolute Gasteiger partial charge is 0.495 e. The van der Waals surface area contributed by atoms with Crippen molar-refractivity contribution in [2.24, 2.45) is 12.0 Å². The molecule has 4 aromatic rings. The Kier molecular flexibility index (Phi) is 6.21. The first-order valence-electron chi connectivity index (χ1n) is 9.81. The third kappa shape index (κ3) is 4.48. The van der Waals surface area contributed by atoms with Gasteiger partial charge in [0.2, 0.25) is 0 Å². The number of rotatable bonds is 6. The van der Waals surface area contributed by atoms with Crippen LogP contribution in [0.4, 0.5) is 5.69 Å². The van der Waals surface area contributed by atoms with E-state index in [4.69, 9.17) is 9.47 Å². The predicted octanol–water partition coefficient (Wildman–Crippen LogP) is 3.80. The molecule has 10 heteroatoms. The zero-order valence-electron chi connectivity index (χ0n) is 18.1. The van der Waals surface area contributed by atoms with Crippen LogP contribution in [0.5, 0.6) is 11.5 Å². The first-order chi connectivity index (χ1) is 15.8. The smallest absolute Gasteiger partial charge is 0.279 e. The molecule has 33 heavy (non-hydrogen) atoms. The molecule has 1 heterocycles.